The molecule has 1 N–H and O–H groups in total. The number of carboxylic acid groups (broad SMARTS) is 1. The van der Waals surface area contributed by atoms with E-state index in [9.17, 15) is 9.59 Å². The van der Waals surface area contributed by atoms with E-state index < -0.39 is 11.4 Å². The van der Waals surface area contributed by atoms with Crippen LogP contribution in [-0.4, -0.2) is 35.5 Å². The molecule has 1 aliphatic rings. The van der Waals surface area contributed by atoms with Gasteiger partial charge >= 0.3 is 5.97 Å². The van der Waals surface area contributed by atoms with Crippen molar-refractivity contribution in [2.75, 3.05) is 13.6 Å². The number of aliphatic carboxylic acids is 1. The standard InChI is InChI=1S/C16H19Cl2NO3/c1-19(9-2-4-14(20)21)15(22)16(7-3-8-16)11-5-6-12(17)13(18)10-11/h5-6,10H,2-4,7-9H2,1H3,(H,20,21). The molecule has 2 rings (SSSR count). The van der Waals surface area contributed by atoms with Gasteiger partial charge in [0.1, 0.15) is 0 Å². The molecule has 22 heavy (non-hydrogen) atoms. The second-order valence-corrected chi connectivity index (χ2v) is 6.60. The van der Waals surface area contributed by atoms with Crippen molar-refractivity contribution in [2.45, 2.75) is 37.5 Å². The van der Waals surface area contributed by atoms with Crippen LogP contribution in [0, 0.1) is 0 Å². The number of hydrogen-bond acceptors (Lipinski definition) is 2. The predicted molar refractivity (Wildman–Crippen MR) is 86.5 cm³/mol. The summed E-state index contributed by atoms with van der Waals surface area (Å²) in [6, 6.07) is 5.35. The quantitative estimate of drug-likeness (QED) is 0.855. The molecule has 4 nitrogen and oxygen atoms in total. The van der Waals surface area contributed by atoms with Crippen molar-refractivity contribution in [3.8, 4) is 0 Å². The van der Waals surface area contributed by atoms with Crippen LogP contribution in [0.1, 0.15) is 37.7 Å². The Morgan fingerprint density at radius 1 is 1.27 bits per heavy atom. The Kier molecular flexibility index (Phi) is 5.35. The molecule has 1 aliphatic carbocycles. The third kappa shape index (κ3) is 3.39. The van der Waals surface area contributed by atoms with Gasteiger partial charge in [-0.05, 0) is 37.0 Å². The van der Waals surface area contributed by atoms with Gasteiger partial charge in [-0.3, -0.25) is 9.59 Å². The Morgan fingerprint density at radius 2 is 1.95 bits per heavy atom. The Labute approximate surface area is 140 Å². The van der Waals surface area contributed by atoms with Gasteiger partial charge in [0.15, 0.2) is 0 Å². The Morgan fingerprint density at radius 3 is 2.45 bits per heavy atom. The molecule has 1 aromatic rings. The first-order valence-electron chi connectivity index (χ1n) is 7.30. The molecule has 0 unspecified atom stereocenters. The number of benzene rings is 1. The monoisotopic (exact) mass is 343 g/mol. The van der Waals surface area contributed by atoms with Gasteiger partial charge in [0.2, 0.25) is 5.91 Å². The van der Waals surface area contributed by atoms with Crippen LogP contribution in [0.25, 0.3) is 0 Å². The van der Waals surface area contributed by atoms with Crippen LogP contribution in [0.3, 0.4) is 0 Å². The molecule has 1 fully saturated rings. The minimum absolute atomic E-state index is 0.0301. The van der Waals surface area contributed by atoms with Gasteiger partial charge in [0.25, 0.3) is 0 Å². The predicted octanol–water partition coefficient (Wildman–Crippen LogP) is 3.74. The van der Waals surface area contributed by atoms with E-state index in [0.29, 0.717) is 23.0 Å². The lowest BCUT2D eigenvalue weighted by atomic mass is 9.63. The van der Waals surface area contributed by atoms with Crippen LogP contribution < -0.4 is 0 Å². The largest absolute Gasteiger partial charge is 0.481 e. The van der Waals surface area contributed by atoms with E-state index in [-0.39, 0.29) is 12.3 Å². The van der Waals surface area contributed by atoms with E-state index in [0.717, 1.165) is 24.8 Å². The first-order chi connectivity index (χ1) is 10.4. The molecular formula is C16H19Cl2NO3. The highest BCUT2D eigenvalue weighted by Gasteiger charge is 2.47. The van der Waals surface area contributed by atoms with E-state index in [4.69, 9.17) is 28.3 Å². The Bertz CT molecular complexity index is 585. The lowest BCUT2D eigenvalue weighted by molar-refractivity contribution is -0.141. The molecule has 120 valence electrons. The minimum Gasteiger partial charge on any atom is -0.481 e. The number of rotatable bonds is 6. The molecule has 0 atom stereocenters. The van der Waals surface area contributed by atoms with Crippen molar-refractivity contribution < 1.29 is 14.7 Å². The maximum atomic E-state index is 12.8. The lowest BCUT2D eigenvalue weighted by Crippen LogP contribution is -2.50. The minimum atomic E-state index is -0.844. The van der Waals surface area contributed by atoms with Crippen molar-refractivity contribution in [1.29, 1.82) is 0 Å². The number of carbonyl (C=O) groups excluding carboxylic acids is 1. The third-order valence-electron chi connectivity index (χ3n) is 4.32. The van der Waals surface area contributed by atoms with Crippen molar-refractivity contribution in [3.63, 3.8) is 0 Å². The van der Waals surface area contributed by atoms with Crippen LogP contribution in [0.2, 0.25) is 10.0 Å². The van der Waals surface area contributed by atoms with Gasteiger partial charge in [-0.15, -0.1) is 0 Å². The number of amides is 1. The molecule has 1 saturated carbocycles. The summed E-state index contributed by atoms with van der Waals surface area (Å²) in [4.78, 5) is 25.0. The zero-order valence-electron chi connectivity index (χ0n) is 12.4. The number of halogens is 2. The van der Waals surface area contributed by atoms with E-state index in [2.05, 4.69) is 0 Å². The third-order valence-corrected chi connectivity index (χ3v) is 5.06. The smallest absolute Gasteiger partial charge is 0.303 e. The maximum absolute atomic E-state index is 12.8. The summed E-state index contributed by atoms with van der Waals surface area (Å²) in [7, 11) is 1.72. The Hall–Kier alpha value is -1.26. The number of nitrogens with zero attached hydrogens (tertiary/aromatic N) is 1. The molecule has 1 aromatic carbocycles. The highest BCUT2D eigenvalue weighted by atomic mass is 35.5. The molecule has 0 spiro atoms. The fourth-order valence-corrected chi connectivity index (χ4v) is 3.18. The molecular weight excluding hydrogens is 325 g/mol. The SMILES string of the molecule is CN(CCCC(=O)O)C(=O)C1(c2ccc(Cl)c(Cl)c2)CCC1. The molecule has 6 heteroatoms. The normalized spacial score (nSPS) is 16.0. The zero-order valence-corrected chi connectivity index (χ0v) is 14.0. The summed E-state index contributed by atoms with van der Waals surface area (Å²) in [5.41, 5.74) is 0.356. The van der Waals surface area contributed by atoms with Crippen molar-refractivity contribution in [3.05, 3.63) is 33.8 Å². The van der Waals surface area contributed by atoms with Gasteiger partial charge in [0.05, 0.1) is 15.5 Å². The van der Waals surface area contributed by atoms with Crippen LogP contribution in [0.5, 0.6) is 0 Å². The second-order valence-electron chi connectivity index (χ2n) is 5.79. The molecule has 0 radical (unpaired) electrons. The fraction of sp³-hybridized carbons (Fsp3) is 0.500. The maximum Gasteiger partial charge on any atom is 0.303 e. The van der Waals surface area contributed by atoms with Crippen molar-refractivity contribution in [2.24, 2.45) is 0 Å². The summed E-state index contributed by atoms with van der Waals surface area (Å²) in [5.74, 6) is -0.814. The summed E-state index contributed by atoms with van der Waals surface area (Å²) in [5, 5.41) is 9.61. The molecule has 0 saturated heterocycles. The number of carbonyl (C=O) groups is 2. The Balaban J connectivity index is 2.13. The lowest BCUT2D eigenvalue weighted by Gasteiger charge is -2.43. The summed E-state index contributed by atoms with van der Waals surface area (Å²) in [6.07, 6.45) is 3.08. The topological polar surface area (TPSA) is 57.6 Å². The van der Waals surface area contributed by atoms with Crippen molar-refractivity contribution in [1.82, 2.24) is 4.90 Å². The average Bonchev–Trinajstić information content (AvgIpc) is 2.40. The summed E-state index contributed by atoms with van der Waals surface area (Å²) >= 11 is 12.0. The zero-order chi connectivity index (χ0) is 16.3. The van der Waals surface area contributed by atoms with Gasteiger partial charge < -0.3 is 10.0 Å². The fourth-order valence-electron chi connectivity index (χ4n) is 2.88. The molecule has 1 amide bonds. The van der Waals surface area contributed by atoms with Gasteiger partial charge in [-0.25, -0.2) is 0 Å². The van der Waals surface area contributed by atoms with Gasteiger partial charge in [-0.1, -0.05) is 35.7 Å². The summed E-state index contributed by atoms with van der Waals surface area (Å²) in [6.45, 7) is 0.439. The van der Waals surface area contributed by atoms with Crippen LogP contribution >= 0.6 is 23.2 Å². The number of carboxylic acids is 1. The first-order valence-corrected chi connectivity index (χ1v) is 8.05. The average molecular weight is 344 g/mol. The van der Waals surface area contributed by atoms with E-state index in [1.165, 1.54) is 0 Å². The van der Waals surface area contributed by atoms with Crippen LogP contribution in [-0.2, 0) is 15.0 Å². The van der Waals surface area contributed by atoms with E-state index in [1.54, 1.807) is 24.1 Å². The molecule has 0 aromatic heterocycles. The number of likely N-dealkylation sites (N-methyl/N-ethyl adjacent to an activating group) is 1. The highest BCUT2D eigenvalue weighted by Crippen LogP contribution is 2.46. The first kappa shape index (κ1) is 17.1. The van der Waals surface area contributed by atoms with Crippen molar-refractivity contribution >= 4 is 35.1 Å². The van der Waals surface area contributed by atoms with Crippen LogP contribution in [0.4, 0.5) is 0 Å². The summed E-state index contributed by atoms with van der Waals surface area (Å²) < 4.78 is 0. The number of hydrogen-bond donors (Lipinski definition) is 1. The molecule has 0 aliphatic heterocycles. The van der Waals surface area contributed by atoms with Gasteiger partial charge in [-0.2, -0.15) is 0 Å². The molecule has 0 bridgehead atoms. The van der Waals surface area contributed by atoms with Gasteiger partial charge in [0, 0.05) is 20.0 Å². The molecule has 0 heterocycles. The highest BCUT2D eigenvalue weighted by molar-refractivity contribution is 6.42. The second kappa shape index (κ2) is 6.88. The van der Waals surface area contributed by atoms with E-state index >= 15 is 0 Å². The van der Waals surface area contributed by atoms with E-state index in [1.807, 2.05) is 6.07 Å². The van der Waals surface area contributed by atoms with Crippen LogP contribution in [0.15, 0.2) is 18.2 Å².